The van der Waals surface area contributed by atoms with E-state index in [1.165, 1.54) is 18.5 Å². The van der Waals surface area contributed by atoms with Gasteiger partial charge in [0.2, 0.25) is 0 Å². The van der Waals surface area contributed by atoms with Gasteiger partial charge in [0.1, 0.15) is 0 Å². The lowest BCUT2D eigenvalue weighted by molar-refractivity contribution is 0.102. The summed E-state index contributed by atoms with van der Waals surface area (Å²) in [5.41, 5.74) is 3.40. The molecule has 1 aliphatic rings. The van der Waals surface area contributed by atoms with Gasteiger partial charge < -0.3 is 15.5 Å². The van der Waals surface area contributed by atoms with Crippen LogP contribution in [0, 0.1) is 11.3 Å². The van der Waals surface area contributed by atoms with Crippen molar-refractivity contribution in [3.05, 3.63) is 71.9 Å². The van der Waals surface area contributed by atoms with Crippen LogP contribution in [0.5, 0.6) is 0 Å². The molecule has 0 saturated carbocycles. The second kappa shape index (κ2) is 8.40. The maximum atomic E-state index is 12.4. The van der Waals surface area contributed by atoms with Crippen LogP contribution in [0.2, 0.25) is 0 Å². The molecule has 144 valence electrons. The van der Waals surface area contributed by atoms with Crippen molar-refractivity contribution in [2.45, 2.75) is 12.8 Å². The highest BCUT2D eigenvalue weighted by molar-refractivity contribution is 6.02. The van der Waals surface area contributed by atoms with Gasteiger partial charge in [0.05, 0.1) is 11.6 Å². The summed E-state index contributed by atoms with van der Waals surface area (Å²) in [5, 5.41) is 22.9. The van der Waals surface area contributed by atoms with Crippen molar-refractivity contribution in [2.24, 2.45) is 0 Å². The molecular weight excluding hydrogens is 364 g/mol. The fourth-order valence-corrected chi connectivity index (χ4v) is 3.26. The van der Waals surface area contributed by atoms with E-state index >= 15 is 0 Å². The molecule has 2 N–H and O–H groups in total. The number of nitrogens with zero attached hydrogens (tertiary/aromatic N) is 4. The molecule has 3 aromatic rings. The van der Waals surface area contributed by atoms with E-state index in [0.29, 0.717) is 11.4 Å². The molecule has 2 aromatic carbocycles. The molecule has 2 heterocycles. The Morgan fingerprint density at radius 1 is 0.966 bits per heavy atom. The largest absolute Gasteiger partial charge is 0.372 e. The molecule has 1 saturated heterocycles. The highest BCUT2D eigenvalue weighted by atomic mass is 16.1. The third-order valence-corrected chi connectivity index (χ3v) is 4.76. The summed E-state index contributed by atoms with van der Waals surface area (Å²) in [6, 6.07) is 20.3. The van der Waals surface area contributed by atoms with Gasteiger partial charge in [-0.3, -0.25) is 4.79 Å². The average Bonchev–Trinajstić information content (AvgIpc) is 3.30. The maximum Gasteiger partial charge on any atom is 0.276 e. The van der Waals surface area contributed by atoms with E-state index in [9.17, 15) is 4.79 Å². The fourth-order valence-electron chi connectivity index (χ4n) is 3.26. The van der Waals surface area contributed by atoms with Crippen LogP contribution in [0.3, 0.4) is 0 Å². The number of anilines is 4. The van der Waals surface area contributed by atoms with Gasteiger partial charge in [-0.05, 0) is 67.4 Å². The molecule has 0 atom stereocenters. The molecule has 0 unspecified atom stereocenters. The Balaban J connectivity index is 1.38. The lowest BCUT2D eigenvalue weighted by Gasteiger charge is -2.17. The number of amides is 1. The molecule has 0 aliphatic carbocycles. The number of nitriles is 1. The molecule has 1 aliphatic heterocycles. The minimum absolute atomic E-state index is 0.227. The molecule has 0 bridgehead atoms. The summed E-state index contributed by atoms with van der Waals surface area (Å²) < 4.78 is 0. The van der Waals surface area contributed by atoms with Crippen molar-refractivity contribution in [3.63, 3.8) is 0 Å². The topological polar surface area (TPSA) is 93.9 Å². The van der Waals surface area contributed by atoms with Crippen molar-refractivity contribution in [1.82, 2.24) is 10.2 Å². The summed E-state index contributed by atoms with van der Waals surface area (Å²) in [6.07, 6.45) is 2.46. The number of rotatable bonds is 5. The molecule has 0 spiro atoms. The Hall–Kier alpha value is -3.92. The molecule has 7 nitrogen and oxygen atoms in total. The van der Waals surface area contributed by atoms with E-state index in [0.717, 1.165) is 24.5 Å². The molecule has 29 heavy (non-hydrogen) atoms. The number of carbonyl (C=O) groups excluding carboxylic acids is 1. The number of aromatic nitrogens is 2. The van der Waals surface area contributed by atoms with E-state index in [1.54, 1.807) is 30.3 Å². The molecule has 1 amide bonds. The highest BCUT2D eigenvalue weighted by Crippen LogP contribution is 2.22. The van der Waals surface area contributed by atoms with Crippen LogP contribution in [0.4, 0.5) is 22.9 Å². The second-order valence-electron chi connectivity index (χ2n) is 6.82. The molecule has 1 aromatic heterocycles. The minimum Gasteiger partial charge on any atom is -0.372 e. The molecule has 0 radical (unpaired) electrons. The van der Waals surface area contributed by atoms with Crippen LogP contribution in [-0.4, -0.2) is 29.2 Å². The van der Waals surface area contributed by atoms with E-state index in [-0.39, 0.29) is 11.6 Å². The van der Waals surface area contributed by atoms with Gasteiger partial charge in [-0.25, -0.2) is 0 Å². The van der Waals surface area contributed by atoms with E-state index in [1.807, 2.05) is 30.3 Å². The number of carbonyl (C=O) groups is 1. The average molecular weight is 384 g/mol. The Kier molecular flexibility index (Phi) is 5.34. The standard InChI is InChI=1S/C22H20N6O/c23-15-16-4-3-5-18(14-16)24-21-11-10-20(26-27-21)22(29)25-17-6-8-19(9-7-17)28-12-1-2-13-28/h3-11,14H,1-2,12-13H2,(H,24,27)(H,25,29). The van der Waals surface area contributed by atoms with E-state index in [2.05, 4.69) is 31.8 Å². The Morgan fingerprint density at radius 2 is 1.76 bits per heavy atom. The highest BCUT2D eigenvalue weighted by Gasteiger charge is 2.13. The number of nitrogens with one attached hydrogen (secondary N) is 2. The number of hydrogen-bond acceptors (Lipinski definition) is 6. The first kappa shape index (κ1) is 18.4. The van der Waals surface area contributed by atoms with E-state index < -0.39 is 0 Å². The molecular formula is C22H20N6O. The maximum absolute atomic E-state index is 12.4. The zero-order valence-electron chi connectivity index (χ0n) is 15.8. The first-order valence-corrected chi connectivity index (χ1v) is 9.48. The van der Waals surface area contributed by atoms with Gasteiger partial charge in [-0.2, -0.15) is 5.26 Å². The van der Waals surface area contributed by atoms with Gasteiger partial charge in [-0.15, -0.1) is 10.2 Å². The van der Waals surface area contributed by atoms with Crippen LogP contribution in [0.1, 0.15) is 28.9 Å². The molecule has 1 fully saturated rings. The lowest BCUT2D eigenvalue weighted by Crippen LogP contribution is -2.18. The summed E-state index contributed by atoms with van der Waals surface area (Å²) in [6.45, 7) is 2.17. The van der Waals surface area contributed by atoms with Crippen molar-refractivity contribution in [2.75, 3.05) is 28.6 Å². The van der Waals surface area contributed by atoms with Crippen LogP contribution in [0.25, 0.3) is 0 Å². The first-order chi connectivity index (χ1) is 14.2. The van der Waals surface area contributed by atoms with Gasteiger partial charge in [0.15, 0.2) is 11.5 Å². The zero-order valence-corrected chi connectivity index (χ0v) is 15.8. The van der Waals surface area contributed by atoms with Crippen LogP contribution < -0.4 is 15.5 Å². The SMILES string of the molecule is N#Cc1cccc(Nc2ccc(C(=O)Nc3ccc(N4CCCC4)cc3)nn2)c1. The molecule has 7 heteroatoms. The summed E-state index contributed by atoms with van der Waals surface area (Å²) in [5.74, 6) is 0.177. The predicted octanol–water partition coefficient (Wildman–Crippen LogP) is 3.94. The van der Waals surface area contributed by atoms with Crippen molar-refractivity contribution in [1.29, 1.82) is 5.26 Å². The van der Waals surface area contributed by atoms with Gasteiger partial charge in [0, 0.05) is 30.2 Å². The van der Waals surface area contributed by atoms with Gasteiger partial charge in [-0.1, -0.05) is 6.07 Å². The Morgan fingerprint density at radius 3 is 2.45 bits per heavy atom. The fraction of sp³-hybridized carbons (Fsp3) is 0.182. The Labute approximate surface area is 169 Å². The first-order valence-electron chi connectivity index (χ1n) is 9.48. The Bertz CT molecular complexity index is 1030. The quantitative estimate of drug-likeness (QED) is 0.692. The van der Waals surface area contributed by atoms with Crippen molar-refractivity contribution < 1.29 is 4.79 Å². The zero-order chi connectivity index (χ0) is 20.1. The second-order valence-corrected chi connectivity index (χ2v) is 6.82. The monoisotopic (exact) mass is 384 g/mol. The van der Waals surface area contributed by atoms with Crippen molar-refractivity contribution >= 4 is 28.8 Å². The summed E-state index contributed by atoms with van der Waals surface area (Å²) in [4.78, 5) is 14.8. The van der Waals surface area contributed by atoms with Crippen LogP contribution in [-0.2, 0) is 0 Å². The minimum atomic E-state index is -0.315. The number of benzene rings is 2. The van der Waals surface area contributed by atoms with Crippen LogP contribution in [0.15, 0.2) is 60.7 Å². The van der Waals surface area contributed by atoms with Crippen molar-refractivity contribution in [3.8, 4) is 6.07 Å². The van der Waals surface area contributed by atoms with Gasteiger partial charge >= 0.3 is 0 Å². The third kappa shape index (κ3) is 4.50. The number of hydrogen-bond donors (Lipinski definition) is 2. The van der Waals surface area contributed by atoms with Gasteiger partial charge in [0.25, 0.3) is 5.91 Å². The summed E-state index contributed by atoms with van der Waals surface area (Å²) >= 11 is 0. The smallest absolute Gasteiger partial charge is 0.276 e. The summed E-state index contributed by atoms with van der Waals surface area (Å²) in [7, 11) is 0. The molecule has 4 rings (SSSR count). The predicted molar refractivity (Wildman–Crippen MR) is 112 cm³/mol. The van der Waals surface area contributed by atoms with Crippen LogP contribution >= 0.6 is 0 Å². The third-order valence-electron chi connectivity index (χ3n) is 4.76. The van der Waals surface area contributed by atoms with E-state index in [4.69, 9.17) is 5.26 Å². The lowest BCUT2D eigenvalue weighted by atomic mass is 10.2. The normalized spacial score (nSPS) is 13.0.